The van der Waals surface area contributed by atoms with Crippen LogP contribution in [0.2, 0.25) is 4.34 Å². The lowest BCUT2D eigenvalue weighted by Crippen LogP contribution is -2.42. The van der Waals surface area contributed by atoms with Crippen LogP contribution in [0.25, 0.3) is 0 Å². The second kappa shape index (κ2) is 5.40. The first kappa shape index (κ1) is 12.2. The SMILES string of the molecule is CC(NC(=O)C1CSCN1)c1ccc(Cl)s1. The lowest BCUT2D eigenvalue weighted by Gasteiger charge is -2.15. The molecule has 2 heterocycles. The number of thioether (sulfide) groups is 1. The molecular formula is C10H13ClN2OS2. The molecule has 1 amide bonds. The van der Waals surface area contributed by atoms with E-state index in [1.807, 2.05) is 19.1 Å². The van der Waals surface area contributed by atoms with E-state index in [1.165, 1.54) is 11.3 Å². The van der Waals surface area contributed by atoms with Crippen LogP contribution in [0.4, 0.5) is 0 Å². The Kier molecular flexibility index (Phi) is 4.13. The summed E-state index contributed by atoms with van der Waals surface area (Å²) in [6.07, 6.45) is 0. The van der Waals surface area contributed by atoms with Crippen molar-refractivity contribution in [1.29, 1.82) is 0 Å². The molecule has 1 aliphatic heterocycles. The van der Waals surface area contributed by atoms with Crippen LogP contribution in [-0.2, 0) is 4.79 Å². The summed E-state index contributed by atoms with van der Waals surface area (Å²) in [6, 6.07) is 3.78. The lowest BCUT2D eigenvalue weighted by molar-refractivity contribution is -0.123. The molecule has 2 rings (SSSR count). The molecule has 1 aromatic rings. The van der Waals surface area contributed by atoms with Crippen molar-refractivity contribution in [2.75, 3.05) is 11.6 Å². The molecule has 2 N–H and O–H groups in total. The summed E-state index contributed by atoms with van der Waals surface area (Å²) in [5.74, 6) is 1.78. The fourth-order valence-electron chi connectivity index (χ4n) is 1.51. The third kappa shape index (κ3) is 2.91. The van der Waals surface area contributed by atoms with E-state index in [0.717, 1.165) is 20.8 Å². The highest BCUT2D eigenvalue weighted by Gasteiger charge is 2.24. The van der Waals surface area contributed by atoms with E-state index in [1.54, 1.807) is 11.8 Å². The Labute approximate surface area is 108 Å². The van der Waals surface area contributed by atoms with E-state index in [0.29, 0.717) is 0 Å². The van der Waals surface area contributed by atoms with Crippen LogP contribution in [0.3, 0.4) is 0 Å². The van der Waals surface area contributed by atoms with Crippen LogP contribution in [0.1, 0.15) is 17.8 Å². The molecule has 0 saturated carbocycles. The topological polar surface area (TPSA) is 41.1 Å². The van der Waals surface area contributed by atoms with Gasteiger partial charge in [0.1, 0.15) is 0 Å². The van der Waals surface area contributed by atoms with Gasteiger partial charge in [-0.2, -0.15) is 0 Å². The number of rotatable bonds is 3. The van der Waals surface area contributed by atoms with Crippen molar-refractivity contribution in [2.45, 2.75) is 19.0 Å². The number of hydrogen-bond acceptors (Lipinski definition) is 4. The van der Waals surface area contributed by atoms with E-state index in [4.69, 9.17) is 11.6 Å². The highest BCUT2D eigenvalue weighted by molar-refractivity contribution is 7.99. The van der Waals surface area contributed by atoms with Crippen molar-refractivity contribution >= 4 is 40.6 Å². The number of halogens is 1. The van der Waals surface area contributed by atoms with Gasteiger partial charge in [0.05, 0.1) is 16.4 Å². The maximum Gasteiger partial charge on any atom is 0.238 e. The van der Waals surface area contributed by atoms with Crippen LogP contribution < -0.4 is 10.6 Å². The number of amides is 1. The standard InChI is InChI=1S/C10H13ClN2OS2/c1-6(8-2-3-9(11)16-8)13-10(14)7-4-15-5-12-7/h2-3,6-7,12H,4-5H2,1H3,(H,13,14). The van der Waals surface area contributed by atoms with Gasteiger partial charge in [-0.3, -0.25) is 10.1 Å². The van der Waals surface area contributed by atoms with Crippen LogP contribution in [-0.4, -0.2) is 23.6 Å². The van der Waals surface area contributed by atoms with Gasteiger partial charge in [0, 0.05) is 16.5 Å². The van der Waals surface area contributed by atoms with Crippen LogP contribution >= 0.6 is 34.7 Å². The van der Waals surface area contributed by atoms with Gasteiger partial charge < -0.3 is 5.32 Å². The molecule has 1 fully saturated rings. The summed E-state index contributed by atoms with van der Waals surface area (Å²) < 4.78 is 0.755. The number of carbonyl (C=O) groups is 1. The Balaban J connectivity index is 1.91. The summed E-state index contributed by atoms with van der Waals surface area (Å²) in [7, 11) is 0. The zero-order valence-corrected chi connectivity index (χ0v) is 11.2. The average Bonchev–Trinajstić information content (AvgIpc) is 2.87. The Hall–Kier alpha value is -0.230. The first-order valence-electron chi connectivity index (χ1n) is 5.03. The van der Waals surface area contributed by atoms with Crippen molar-refractivity contribution in [2.24, 2.45) is 0 Å². The quantitative estimate of drug-likeness (QED) is 0.890. The molecule has 0 aliphatic carbocycles. The van der Waals surface area contributed by atoms with E-state index in [2.05, 4.69) is 10.6 Å². The van der Waals surface area contributed by atoms with Crippen LogP contribution in [0, 0.1) is 0 Å². The highest BCUT2D eigenvalue weighted by Crippen LogP contribution is 2.26. The van der Waals surface area contributed by atoms with Crippen molar-refractivity contribution < 1.29 is 4.79 Å². The minimum atomic E-state index is -0.0529. The Morgan fingerprint density at radius 1 is 1.69 bits per heavy atom. The molecule has 1 saturated heterocycles. The summed E-state index contributed by atoms with van der Waals surface area (Å²) in [5, 5.41) is 6.14. The number of hydrogen-bond donors (Lipinski definition) is 2. The van der Waals surface area contributed by atoms with E-state index in [-0.39, 0.29) is 18.0 Å². The average molecular weight is 277 g/mol. The number of nitrogens with one attached hydrogen (secondary N) is 2. The summed E-state index contributed by atoms with van der Waals surface area (Å²) in [5.41, 5.74) is 0. The smallest absolute Gasteiger partial charge is 0.238 e. The van der Waals surface area contributed by atoms with Crippen LogP contribution in [0.15, 0.2) is 12.1 Å². The summed E-state index contributed by atoms with van der Waals surface area (Å²) >= 11 is 9.11. The molecule has 16 heavy (non-hydrogen) atoms. The predicted octanol–water partition coefficient (Wildman–Crippen LogP) is 2.24. The minimum Gasteiger partial charge on any atom is -0.347 e. The van der Waals surface area contributed by atoms with Gasteiger partial charge in [0.15, 0.2) is 0 Å². The molecule has 0 bridgehead atoms. The summed E-state index contributed by atoms with van der Waals surface area (Å²) in [4.78, 5) is 12.9. The molecule has 0 spiro atoms. The largest absolute Gasteiger partial charge is 0.347 e. The third-order valence-electron chi connectivity index (χ3n) is 2.41. The third-order valence-corrected chi connectivity index (χ3v) is 4.77. The molecule has 88 valence electrons. The lowest BCUT2D eigenvalue weighted by atomic mass is 10.2. The Morgan fingerprint density at radius 3 is 3.06 bits per heavy atom. The fraction of sp³-hybridized carbons (Fsp3) is 0.500. The molecule has 1 aromatic heterocycles. The fourth-order valence-corrected chi connectivity index (χ4v) is 3.51. The summed E-state index contributed by atoms with van der Waals surface area (Å²) in [6.45, 7) is 1.97. The first-order valence-corrected chi connectivity index (χ1v) is 7.38. The van der Waals surface area contributed by atoms with E-state index in [9.17, 15) is 4.79 Å². The highest BCUT2D eigenvalue weighted by atomic mass is 35.5. The van der Waals surface area contributed by atoms with Crippen LogP contribution in [0.5, 0.6) is 0 Å². The molecule has 2 unspecified atom stereocenters. The monoisotopic (exact) mass is 276 g/mol. The predicted molar refractivity (Wildman–Crippen MR) is 70.1 cm³/mol. The van der Waals surface area contributed by atoms with Gasteiger partial charge >= 0.3 is 0 Å². The maximum absolute atomic E-state index is 11.8. The molecule has 3 nitrogen and oxygen atoms in total. The van der Waals surface area contributed by atoms with Crippen molar-refractivity contribution in [1.82, 2.24) is 10.6 Å². The van der Waals surface area contributed by atoms with Crippen molar-refractivity contribution in [3.8, 4) is 0 Å². The Bertz CT molecular complexity index is 377. The van der Waals surface area contributed by atoms with Gasteiger partial charge in [-0.1, -0.05) is 11.6 Å². The second-order valence-corrected chi connectivity index (χ2v) is 6.42. The van der Waals surface area contributed by atoms with Gasteiger partial charge in [-0.05, 0) is 19.1 Å². The van der Waals surface area contributed by atoms with Gasteiger partial charge in [-0.25, -0.2) is 0 Å². The first-order chi connectivity index (χ1) is 7.66. The second-order valence-electron chi connectivity index (χ2n) is 3.64. The zero-order valence-electron chi connectivity index (χ0n) is 8.83. The number of thiophene rings is 1. The molecule has 6 heteroatoms. The molecule has 2 atom stereocenters. The normalized spacial score (nSPS) is 22.0. The molecule has 0 radical (unpaired) electrons. The van der Waals surface area contributed by atoms with E-state index >= 15 is 0 Å². The maximum atomic E-state index is 11.8. The van der Waals surface area contributed by atoms with Crippen molar-refractivity contribution in [3.63, 3.8) is 0 Å². The zero-order chi connectivity index (χ0) is 11.5. The van der Waals surface area contributed by atoms with E-state index < -0.39 is 0 Å². The molecular weight excluding hydrogens is 264 g/mol. The number of carbonyl (C=O) groups excluding carboxylic acids is 1. The Morgan fingerprint density at radius 2 is 2.50 bits per heavy atom. The van der Waals surface area contributed by atoms with Gasteiger partial charge in [0.25, 0.3) is 0 Å². The minimum absolute atomic E-state index is 0.0254. The molecule has 1 aliphatic rings. The van der Waals surface area contributed by atoms with Crippen molar-refractivity contribution in [3.05, 3.63) is 21.3 Å². The van der Waals surface area contributed by atoms with Gasteiger partial charge in [0.2, 0.25) is 5.91 Å². The molecule has 0 aromatic carbocycles. The van der Waals surface area contributed by atoms with Gasteiger partial charge in [-0.15, -0.1) is 23.1 Å².